The highest BCUT2D eigenvalue weighted by Crippen LogP contribution is 2.24. The number of anilines is 1. The molecule has 1 amide bonds. The van der Waals surface area contributed by atoms with Crippen LogP contribution in [0.1, 0.15) is 46.3 Å². The zero-order valence-electron chi connectivity index (χ0n) is 18.0. The van der Waals surface area contributed by atoms with Gasteiger partial charge in [0.05, 0.1) is 11.9 Å². The minimum Gasteiger partial charge on any atom is -0.348 e. The Morgan fingerprint density at radius 2 is 1.70 bits per heavy atom. The third-order valence-corrected chi connectivity index (χ3v) is 6.98. The quantitative estimate of drug-likeness (QED) is 0.733. The Morgan fingerprint density at radius 3 is 2.37 bits per heavy atom. The van der Waals surface area contributed by atoms with E-state index in [4.69, 9.17) is 0 Å². The van der Waals surface area contributed by atoms with Gasteiger partial charge in [-0.3, -0.25) is 14.0 Å². The van der Waals surface area contributed by atoms with Gasteiger partial charge < -0.3 is 5.32 Å². The van der Waals surface area contributed by atoms with Gasteiger partial charge >= 0.3 is 0 Å². The predicted octanol–water partition coefficient (Wildman–Crippen LogP) is 3.31. The van der Waals surface area contributed by atoms with Crippen molar-refractivity contribution >= 4 is 21.6 Å². The second kappa shape index (κ2) is 9.62. The standard InChI is InChI=1S/C23H31N3O3S/c1-18-21(12-9-13-22(18)25(2)30(3,28)29)23(27)24-16-19-10-5-6-11-20(19)17-26-14-7-4-8-15-26/h5-6,9-13H,4,7-8,14-17H2,1-3H3,(H,24,27). The van der Waals surface area contributed by atoms with Crippen LogP contribution in [0.4, 0.5) is 5.69 Å². The Balaban J connectivity index is 1.72. The van der Waals surface area contributed by atoms with E-state index in [1.54, 1.807) is 25.1 Å². The molecular weight excluding hydrogens is 398 g/mol. The van der Waals surface area contributed by atoms with Crippen LogP contribution in [0.3, 0.4) is 0 Å². The van der Waals surface area contributed by atoms with E-state index >= 15 is 0 Å². The fourth-order valence-electron chi connectivity index (χ4n) is 3.90. The third-order valence-electron chi connectivity index (χ3n) is 5.79. The van der Waals surface area contributed by atoms with E-state index in [1.165, 1.54) is 36.2 Å². The fraction of sp³-hybridized carbons (Fsp3) is 0.435. The first-order valence-corrected chi connectivity index (χ1v) is 12.2. The first kappa shape index (κ1) is 22.3. The Morgan fingerprint density at radius 1 is 1.03 bits per heavy atom. The van der Waals surface area contributed by atoms with Gasteiger partial charge in [-0.15, -0.1) is 0 Å². The molecule has 1 aliphatic rings. The molecule has 2 aromatic carbocycles. The lowest BCUT2D eigenvalue weighted by molar-refractivity contribution is 0.0950. The molecule has 0 aliphatic carbocycles. The molecule has 0 atom stereocenters. The fourth-order valence-corrected chi connectivity index (χ4v) is 4.46. The summed E-state index contributed by atoms with van der Waals surface area (Å²) in [6.45, 7) is 5.37. The molecule has 30 heavy (non-hydrogen) atoms. The predicted molar refractivity (Wildman–Crippen MR) is 121 cm³/mol. The van der Waals surface area contributed by atoms with Crippen LogP contribution >= 0.6 is 0 Å². The molecule has 7 heteroatoms. The molecule has 1 heterocycles. The number of carbonyl (C=O) groups excluding carboxylic acids is 1. The maximum Gasteiger partial charge on any atom is 0.251 e. The molecule has 0 aromatic heterocycles. The van der Waals surface area contributed by atoms with E-state index in [-0.39, 0.29) is 5.91 Å². The minimum absolute atomic E-state index is 0.205. The number of benzene rings is 2. The van der Waals surface area contributed by atoms with Gasteiger partial charge in [0.1, 0.15) is 0 Å². The van der Waals surface area contributed by atoms with Crippen LogP contribution in [0.25, 0.3) is 0 Å². The van der Waals surface area contributed by atoms with Crippen molar-refractivity contribution in [1.29, 1.82) is 0 Å². The number of nitrogens with zero attached hydrogens (tertiary/aromatic N) is 2. The first-order chi connectivity index (χ1) is 14.3. The van der Waals surface area contributed by atoms with Crippen molar-refractivity contribution in [2.45, 2.75) is 39.3 Å². The molecule has 0 unspecified atom stereocenters. The minimum atomic E-state index is -3.40. The number of carbonyl (C=O) groups is 1. The van der Waals surface area contributed by atoms with Gasteiger partial charge in [-0.25, -0.2) is 8.42 Å². The lowest BCUT2D eigenvalue weighted by atomic mass is 10.0. The Hall–Kier alpha value is -2.38. The van der Waals surface area contributed by atoms with Crippen molar-refractivity contribution in [3.63, 3.8) is 0 Å². The zero-order valence-corrected chi connectivity index (χ0v) is 18.8. The number of likely N-dealkylation sites (tertiary alicyclic amines) is 1. The molecule has 1 saturated heterocycles. The van der Waals surface area contributed by atoms with Crippen LogP contribution in [-0.4, -0.2) is 45.6 Å². The number of hydrogen-bond donors (Lipinski definition) is 1. The van der Waals surface area contributed by atoms with E-state index in [9.17, 15) is 13.2 Å². The van der Waals surface area contributed by atoms with Crippen LogP contribution in [-0.2, 0) is 23.1 Å². The Labute approximate surface area is 179 Å². The lowest BCUT2D eigenvalue weighted by Crippen LogP contribution is -2.30. The number of amides is 1. The average Bonchev–Trinajstić information content (AvgIpc) is 2.72. The topological polar surface area (TPSA) is 69.7 Å². The third kappa shape index (κ3) is 5.40. The summed E-state index contributed by atoms with van der Waals surface area (Å²) in [5.41, 5.74) is 3.98. The summed E-state index contributed by atoms with van der Waals surface area (Å²) in [6, 6.07) is 13.4. The number of nitrogens with one attached hydrogen (secondary N) is 1. The molecule has 162 valence electrons. The lowest BCUT2D eigenvalue weighted by Gasteiger charge is -2.27. The van der Waals surface area contributed by atoms with Gasteiger partial charge in [-0.2, -0.15) is 0 Å². The van der Waals surface area contributed by atoms with Gasteiger partial charge in [0, 0.05) is 25.7 Å². The van der Waals surface area contributed by atoms with Gasteiger partial charge in [0.15, 0.2) is 0 Å². The summed E-state index contributed by atoms with van der Waals surface area (Å²) >= 11 is 0. The van der Waals surface area contributed by atoms with Gasteiger partial charge in [-0.05, 0) is 61.7 Å². The maximum atomic E-state index is 12.9. The highest BCUT2D eigenvalue weighted by molar-refractivity contribution is 7.92. The summed E-state index contributed by atoms with van der Waals surface area (Å²) in [7, 11) is -1.90. The van der Waals surface area contributed by atoms with Crippen LogP contribution in [0, 0.1) is 6.92 Å². The Bertz CT molecular complexity index is 999. The smallest absolute Gasteiger partial charge is 0.251 e. The summed E-state index contributed by atoms with van der Waals surface area (Å²) in [6.07, 6.45) is 4.95. The van der Waals surface area contributed by atoms with E-state index in [1.807, 2.05) is 12.1 Å². The van der Waals surface area contributed by atoms with E-state index in [0.717, 1.165) is 31.5 Å². The van der Waals surface area contributed by atoms with Crippen molar-refractivity contribution < 1.29 is 13.2 Å². The average molecular weight is 430 g/mol. The maximum absolute atomic E-state index is 12.9. The largest absolute Gasteiger partial charge is 0.348 e. The molecule has 0 saturated carbocycles. The molecule has 2 aromatic rings. The van der Waals surface area contributed by atoms with Gasteiger partial charge in [0.25, 0.3) is 5.91 Å². The van der Waals surface area contributed by atoms with Crippen LogP contribution in [0.15, 0.2) is 42.5 Å². The van der Waals surface area contributed by atoms with Crippen LogP contribution in [0.2, 0.25) is 0 Å². The summed E-state index contributed by atoms with van der Waals surface area (Å²) < 4.78 is 25.0. The first-order valence-electron chi connectivity index (χ1n) is 10.4. The molecule has 1 fully saturated rings. The Kier molecular flexibility index (Phi) is 7.15. The second-order valence-electron chi connectivity index (χ2n) is 7.97. The van der Waals surface area contributed by atoms with Gasteiger partial charge in [0.2, 0.25) is 10.0 Å². The second-order valence-corrected chi connectivity index (χ2v) is 9.98. The van der Waals surface area contributed by atoms with E-state index in [0.29, 0.717) is 23.4 Å². The molecule has 6 nitrogen and oxygen atoms in total. The molecule has 1 aliphatic heterocycles. The van der Waals surface area contributed by atoms with Crippen molar-refractivity contribution in [3.8, 4) is 0 Å². The molecule has 3 rings (SSSR count). The highest BCUT2D eigenvalue weighted by Gasteiger charge is 2.19. The molecular formula is C23H31N3O3S. The SMILES string of the molecule is Cc1c(C(=O)NCc2ccccc2CN2CCCCC2)cccc1N(C)S(C)(=O)=O. The monoisotopic (exact) mass is 429 g/mol. The number of hydrogen-bond acceptors (Lipinski definition) is 4. The van der Waals surface area contributed by atoms with Crippen molar-refractivity contribution in [1.82, 2.24) is 10.2 Å². The summed E-state index contributed by atoms with van der Waals surface area (Å²) in [5, 5.41) is 3.01. The summed E-state index contributed by atoms with van der Waals surface area (Å²) in [4.78, 5) is 15.3. The van der Waals surface area contributed by atoms with Crippen LogP contribution in [0.5, 0.6) is 0 Å². The number of piperidine rings is 1. The van der Waals surface area contributed by atoms with Crippen LogP contribution < -0.4 is 9.62 Å². The van der Waals surface area contributed by atoms with Gasteiger partial charge in [-0.1, -0.05) is 36.8 Å². The normalized spacial score (nSPS) is 15.0. The number of rotatable bonds is 7. The highest BCUT2D eigenvalue weighted by atomic mass is 32.2. The molecule has 0 bridgehead atoms. The van der Waals surface area contributed by atoms with Crippen molar-refractivity contribution in [2.24, 2.45) is 0 Å². The number of sulfonamides is 1. The van der Waals surface area contributed by atoms with Crippen molar-refractivity contribution in [3.05, 3.63) is 64.7 Å². The van der Waals surface area contributed by atoms with E-state index in [2.05, 4.69) is 22.3 Å². The molecule has 0 spiro atoms. The zero-order chi connectivity index (χ0) is 21.7. The van der Waals surface area contributed by atoms with Crippen molar-refractivity contribution in [2.75, 3.05) is 30.7 Å². The molecule has 1 N–H and O–H groups in total. The summed E-state index contributed by atoms with van der Waals surface area (Å²) in [5.74, 6) is -0.205. The van der Waals surface area contributed by atoms with E-state index < -0.39 is 10.0 Å². The molecule has 0 radical (unpaired) electrons.